The summed E-state index contributed by atoms with van der Waals surface area (Å²) < 4.78 is 26.6. The Kier molecular flexibility index (Phi) is 3.66. The Labute approximate surface area is 112 Å². The number of nitrogens with one attached hydrogen (secondary N) is 2. The first-order valence-electron chi connectivity index (χ1n) is 5.60. The van der Waals surface area contributed by atoms with E-state index in [0.717, 1.165) is 5.69 Å². The minimum absolute atomic E-state index is 0.104. The molecule has 2 aromatic heterocycles. The summed E-state index contributed by atoms with van der Waals surface area (Å²) in [4.78, 5) is 8.11. The molecule has 100 valence electrons. The van der Waals surface area contributed by atoms with Crippen LogP contribution < -0.4 is 10.0 Å². The van der Waals surface area contributed by atoms with Crippen LogP contribution in [0.25, 0.3) is 0 Å². The Hall–Kier alpha value is -2.15. The van der Waals surface area contributed by atoms with Crippen molar-refractivity contribution in [3.05, 3.63) is 42.4 Å². The lowest BCUT2D eigenvalue weighted by molar-refractivity contribution is 0.601. The van der Waals surface area contributed by atoms with Gasteiger partial charge in [-0.2, -0.15) is 0 Å². The molecule has 0 aliphatic carbocycles. The summed E-state index contributed by atoms with van der Waals surface area (Å²) in [6, 6.07) is 6.49. The molecule has 0 aromatic carbocycles. The van der Waals surface area contributed by atoms with Crippen molar-refractivity contribution in [1.29, 1.82) is 0 Å². The molecular weight excluding hydrogens is 264 g/mol. The number of hydrogen-bond acceptors (Lipinski definition) is 5. The molecule has 0 saturated heterocycles. The Bertz CT molecular complexity index is 651. The van der Waals surface area contributed by atoms with Crippen LogP contribution in [0, 0.1) is 6.92 Å². The van der Waals surface area contributed by atoms with E-state index in [4.69, 9.17) is 0 Å². The van der Waals surface area contributed by atoms with Gasteiger partial charge in [-0.15, -0.1) is 0 Å². The average molecular weight is 278 g/mol. The third kappa shape index (κ3) is 3.19. The van der Waals surface area contributed by atoms with E-state index >= 15 is 0 Å². The number of rotatable bonds is 4. The molecule has 0 aliphatic heterocycles. The van der Waals surface area contributed by atoms with Crippen molar-refractivity contribution in [1.82, 2.24) is 9.97 Å². The van der Waals surface area contributed by atoms with E-state index in [1.165, 1.54) is 18.5 Å². The zero-order chi connectivity index (χ0) is 13.9. The van der Waals surface area contributed by atoms with Gasteiger partial charge >= 0.3 is 0 Å². The molecule has 6 nitrogen and oxygen atoms in total. The predicted molar refractivity (Wildman–Crippen MR) is 73.6 cm³/mol. The van der Waals surface area contributed by atoms with Gasteiger partial charge in [0.2, 0.25) is 0 Å². The van der Waals surface area contributed by atoms with Crippen LogP contribution in [0.1, 0.15) is 5.69 Å². The second kappa shape index (κ2) is 5.23. The largest absolute Gasteiger partial charge is 0.373 e. The van der Waals surface area contributed by atoms with Crippen molar-refractivity contribution in [2.45, 2.75) is 11.8 Å². The third-order valence-electron chi connectivity index (χ3n) is 2.47. The number of nitrogens with zero attached hydrogens (tertiary/aromatic N) is 2. The van der Waals surface area contributed by atoms with Gasteiger partial charge in [-0.1, -0.05) is 0 Å². The molecular formula is C12H14N4O2S. The number of anilines is 2. The normalized spacial score (nSPS) is 11.1. The van der Waals surface area contributed by atoms with Crippen LogP contribution in [0.4, 0.5) is 11.5 Å². The Morgan fingerprint density at radius 2 is 1.84 bits per heavy atom. The van der Waals surface area contributed by atoms with Crippen molar-refractivity contribution in [2.24, 2.45) is 0 Å². The van der Waals surface area contributed by atoms with Crippen LogP contribution in [-0.2, 0) is 10.0 Å². The first-order valence-corrected chi connectivity index (χ1v) is 7.09. The fourth-order valence-electron chi connectivity index (χ4n) is 1.43. The predicted octanol–water partition coefficient (Wildman–Crippen LogP) is 1.63. The molecule has 2 aromatic rings. The molecule has 2 rings (SSSR count). The Morgan fingerprint density at radius 3 is 2.37 bits per heavy atom. The minimum atomic E-state index is -3.63. The lowest BCUT2D eigenvalue weighted by atomic mass is 10.4. The third-order valence-corrected chi connectivity index (χ3v) is 3.83. The van der Waals surface area contributed by atoms with Gasteiger partial charge in [0.25, 0.3) is 10.0 Å². The van der Waals surface area contributed by atoms with Crippen LogP contribution >= 0.6 is 0 Å². The monoisotopic (exact) mass is 278 g/mol. The summed E-state index contributed by atoms with van der Waals surface area (Å²) in [7, 11) is -1.92. The maximum absolute atomic E-state index is 12.1. The number of aromatic nitrogens is 2. The van der Waals surface area contributed by atoms with Crippen LogP contribution in [0.5, 0.6) is 0 Å². The molecule has 0 amide bonds. The van der Waals surface area contributed by atoms with Gasteiger partial charge in [0.15, 0.2) is 0 Å². The molecule has 0 atom stereocenters. The van der Waals surface area contributed by atoms with Gasteiger partial charge in [-0.3, -0.25) is 9.71 Å². The van der Waals surface area contributed by atoms with E-state index in [-0.39, 0.29) is 4.90 Å². The second-order valence-corrected chi connectivity index (χ2v) is 5.61. The second-order valence-electron chi connectivity index (χ2n) is 3.92. The summed E-state index contributed by atoms with van der Waals surface area (Å²) in [6.45, 7) is 1.83. The van der Waals surface area contributed by atoms with E-state index < -0.39 is 10.0 Å². The summed E-state index contributed by atoms with van der Waals surface area (Å²) in [6.07, 6.45) is 2.78. The topological polar surface area (TPSA) is 84.0 Å². The van der Waals surface area contributed by atoms with Gasteiger partial charge in [0.1, 0.15) is 10.7 Å². The molecule has 2 heterocycles. The van der Waals surface area contributed by atoms with Crippen LogP contribution in [-0.4, -0.2) is 25.4 Å². The maximum Gasteiger partial charge on any atom is 0.263 e. The molecule has 0 fully saturated rings. The SMILES string of the molecule is CNc1ccc(S(=O)(=O)Nc2ccc(C)nc2)cn1. The van der Waals surface area contributed by atoms with Gasteiger partial charge in [0, 0.05) is 18.9 Å². The smallest absolute Gasteiger partial charge is 0.263 e. The van der Waals surface area contributed by atoms with E-state index in [2.05, 4.69) is 20.0 Å². The summed E-state index contributed by atoms with van der Waals surface area (Å²) in [5.41, 5.74) is 1.24. The molecule has 0 spiro atoms. The molecule has 0 bridgehead atoms. The summed E-state index contributed by atoms with van der Waals surface area (Å²) >= 11 is 0. The maximum atomic E-state index is 12.1. The van der Waals surface area contributed by atoms with Gasteiger partial charge in [0.05, 0.1) is 11.9 Å². The highest BCUT2D eigenvalue weighted by atomic mass is 32.2. The first kappa shape index (κ1) is 13.3. The highest BCUT2D eigenvalue weighted by molar-refractivity contribution is 7.92. The fourth-order valence-corrected chi connectivity index (χ4v) is 2.42. The van der Waals surface area contributed by atoms with E-state index in [9.17, 15) is 8.42 Å². The average Bonchev–Trinajstić information content (AvgIpc) is 2.41. The molecule has 0 aliphatic rings. The lowest BCUT2D eigenvalue weighted by Gasteiger charge is -2.08. The van der Waals surface area contributed by atoms with Crippen LogP contribution in [0.2, 0.25) is 0 Å². The van der Waals surface area contributed by atoms with Crippen molar-refractivity contribution >= 4 is 21.5 Å². The highest BCUT2D eigenvalue weighted by Crippen LogP contribution is 2.15. The Balaban J connectivity index is 2.24. The number of pyridine rings is 2. The summed E-state index contributed by atoms with van der Waals surface area (Å²) in [5.74, 6) is 0.607. The van der Waals surface area contributed by atoms with Crippen molar-refractivity contribution < 1.29 is 8.42 Å². The number of sulfonamides is 1. The molecule has 19 heavy (non-hydrogen) atoms. The van der Waals surface area contributed by atoms with Gasteiger partial charge in [-0.25, -0.2) is 13.4 Å². The molecule has 2 N–H and O–H groups in total. The number of aryl methyl sites for hydroxylation is 1. The van der Waals surface area contributed by atoms with Crippen LogP contribution in [0.15, 0.2) is 41.6 Å². The van der Waals surface area contributed by atoms with E-state index in [1.54, 1.807) is 25.2 Å². The number of hydrogen-bond donors (Lipinski definition) is 2. The van der Waals surface area contributed by atoms with E-state index in [1.807, 2.05) is 6.92 Å². The molecule has 0 radical (unpaired) electrons. The van der Waals surface area contributed by atoms with E-state index in [0.29, 0.717) is 11.5 Å². The standard InChI is InChI=1S/C12H14N4O2S/c1-9-3-4-10(7-14-9)16-19(17,18)11-5-6-12(13-2)15-8-11/h3-8,16H,1-2H3,(H,13,15). The van der Waals surface area contributed by atoms with Gasteiger partial charge < -0.3 is 5.32 Å². The van der Waals surface area contributed by atoms with Crippen molar-refractivity contribution in [2.75, 3.05) is 17.1 Å². The quantitative estimate of drug-likeness (QED) is 0.888. The van der Waals surface area contributed by atoms with Crippen molar-refractivity contribution in [3.8, 4) is 0 Å². The molecule has 0 saturated carbocycles. The zero-order valence-electron chi connectivity index (χ0n) is 10.6. The molecule has 0 unspecified atom stereocenters. The minimum Gasteiger partial charge on any atom is -0.373 e. The Morgan fingerprint density at radius 1 is 1.05 bits per heavy atom. The fraction of sp³-hybridized carbons (Fsp3) is 0.167. The van der Waals surface area contributed by atoms with Crippen molar-refractivity contribution in [3.63, 3.8) is 0 Å². The summed E-state index contributed by atoms with van der Waals surface area (Å²) in [5, 5.41) is 2.83. The first-order chi connectivity index (χ1) is 9.01. The zero-order valence-corrected chi connectivity index (χ0v) is 11.4. The lowest BCUT2D eigenvalue weighted by Crippen LogP contribution is -2.13. The van der Waals surface area contributed by atoms with Gasteiger partial charge in [-0.05, 0) is 31.2 Å². The van der Waals surface area contributed by atoms with Crippen LogP contribution in [0.3, 0.4) is 0 Å². The molecule has 7 heteroatoms. The highest BCUT2D eigenvalue weighted by Gasteiger charge is 2.14.